The van der Waals surface area contributed by atoms with E-state index in [-0.39, 0.29) is 0 Å². The second kappa shape index (κ2) is 18.1. The van der Waals surface area contributed by atoms with Crippen molar-refractivity contribution in [2.75, 3.05) is 9.80 Å². The third-order valence-corrected chi connectivity index (χ3v) is 10.8. The van der Waals surface area contributed by atoms with E-state index in [1.807, 2.05) is 0 Å². The fourth-order valence-electron chi connectivity index (χ4n) is 7.62. The van der Waals surface area contributed by atoms with Gasteiger partial charge in [-0.15, -0.1) is 0 Å². The molecule has 0 bridgehead atoms. The maximum absolute atomic E-state index is 2.28. The van der Waals surface area contributed by atoms with Crippen LogP contribution < -0.4 is 9.80 Å². The van der Waals surface area contributed by atoms with Gasteiger partial charge in [0.25, 0.3) is 0 Å². The van der Waals surface area contributed by atoms with Gasteiger partial charge in [0.1, 0.15) is 0 Å². The minimum atomic E-state index is 1.09. The van der Waals surface area contributed by atoms with Crippen molar-refractivity contribution in [1.29, 1.82) is 0 Å². The molecule has 0 fully saturated rings. The largest absolute Gasteiger partial charge is 0.317 e. The summed E-state index contributed by atoms with van der Waals surface area (Å²) in [6.07, 6.45) is 4.52. The Bertz CT molecular complexity index is 2500. The lowest BCUT2D eigenvalue weighted by atomic mass is 9.98. The highest BCUT2D eigenvalue weighted by Crippen LogP contribution is 2.35. The Balaban J connectivity index is 0.994. The van der Waals surface area contributed by atoms with E-state index in [0.717, 1.165) is 33.9 Å². The molecule has 0 N–H and O–H groups in total. The van der Waals surface area contributed by atoms with Crippen LogP contribution in [-0.4, -0.2) is 0 Å². The number of nitrogens with zero attached hydrogens (tertiary/aromatic N) is 2. The van der Waals surface area contributed by atoms with Crippen LogP contribution in [0.2, 0.25) is 0 Å². The van der Waals surface area contributed by atoms with E-state index in [2.05, 4.69) is 277 Å². The first-order valence-electron chi connectivity index (χ1n) is 20.4. The summed E-state index contributed by atoms with van der Waals surface area (Å²) in [5, 5.41) is 0. The molecule has 0 amide bonds. The standard InChI is InChI=1S/C58H44N2/c1-7-19-49(20-8-1)57(50-21-9-2-10-22-50)43-59(53-27-15-5-16-28-53)55-39-35-47(36-40-55)45-31-33-46(34-32-45)48-37-41-56(42-38-48)60(54-29-17-6-18-30-54)44-58(51-23-11-3-12-24-51)52-25-13-4-14-26-52/h1-44H. The Morgan fingerprint density at radius 3 is 0.667 bits per heavy atom. The predicted octanol–water partition coefficient (Wildman–Crippen LogP) is 15.5. The Morgan fingerprint density at radius 1 is 0.217 bits per heavy atom. The van der Waals surface area contributed by atoms with Gasteiger partial charge in [0.05, 0.1) is 0 Å². The van der Waals surface area contributed by atoms with Gasteiger partial charge >= 0.3 is 0 Å². The van der Waals surface area contributed by atoms with Gasteiger partial charge in [0.2, 0.25) is 0 Å². The second-order valence-electron chi connectivity index (χ2n) is 14.6. The molecule has 0 aliphatic heterocycles. The average Bonchev–Trinajstić information content (AvgIpc) is 3.34. The van der Waals surface area contributed by atoms with E-state index in [1.165, 1.54) is 44.5 Å². The first-order chi connectivity index (χ1) is 29.8. The lowest BCUT2D eigenvalue weighted by molar-refractivity contribution is 1.28. The minimum Gasteiger partial charge on any atom is -0.317 e. The van der Waals surface area contributed by atoms with Gasteiger partial charge in [-0.3, -0.25) is 0 Å². The molecule has 0 aliphatic carbocycles. The SMILES string of the molecule is C(=C(c1ccccc1)c1ccccc1)N(c1ccccc1)c1ccc(-c2ccc(-c3ccc(N(C=C(c4ccccc4)c4ccccc4)c4ccccc4)cc3)cc2)cc1. The van der Waals surface area contributed by atoms with Crippen molar-refractivity contribution >= 4 is 33.9 Å². The van der Waals surface area contributed by atoms with E-state index in [4.69, 9.17) is 0 Å². The predicted molar refractivity (Wildman–Crippen MR) is 254 cm³/mol. The van der Waals surface area contributed by atoms with Crippen LogP contribution in [0.3, 0.4) is 0 Å². The number of hydrogen-bond acceptors (Lipinski definition) is 2. The van der Waals surface area contributed by atoms with Gasteiger partial charge in [-0.1, -0.05) is 206 Å². The number of hydrogen-bond donors (Lipinski definition) is 0. The third-order valence-electron chi connectivity index (χ3n) is 10.8. The molecule has 0 saturated carbocycles. The molecule has 2 nitrogen and oxygen atoms in total. The number of anilines is 4. The topological polar surface area (TPSA) is 6.48 Å². The molecule has 0 radical (unpaired) electrons. The summed E-state index contributed by atoms with van der Waals surface area (Å²) in [7, 11) is 0. The number of benzene rings is 9. The van der Waals surface area contributed by atoms with Crippen LogP contribution in [0.1, 0.15) is 22.3 Å². The van der Waals surface area contributed by atoms with Crippen LogP contribution >= 0.6 is 0 Å². The molecule has 0 unspecified atom stereocenters. The summed E-state index contributed by atoms with van der Waals surface area (Å²) >= 11 is 0. The molecule has 60 heavy (non-hydrogen) atoms. The summed E-state index contributed by atoms with van der Waals surface area (Å²) in [5.41, 5.74) is 16.0. The maximum atomic E-state index is 2.28. The fraction of sp³-hybridized carbons (Fsp3) is 0. The molecule has 0 atom stereocenters. The smallest absolute Gasteiger partial charge is 0.0456 e. The molecule has 0 aromatic heterocycles. The number of para-hydroxylation sites is 2. The lowest BCUT2D eigenvalue weighted by Gasteiger charge is -2.24. The minimum absolute atomic E-state index is 1.09. The normalized spacial score (nSPS) is 10.7. The Hall–Kier alpha value is -7.94. The molecule has 9 aromatic carbocycles. The quantitative estimate of drug-likeness (QED) is 0.122. The maximum Gasteiger partial charge on any atom is 0.0456 e. The average molecular weight is 769 g/mol. The molecule has 9 rings (SSSR count). The summed E-state index contributed by atoms with van der Waals surface area (Å²) in [4.78, 5) is 4.56. The Morgan fingerprint density at radius 2 is 0.417 bits per heavy atom. The van der Waals surface area contributed by atoms with E-state index in [0.29, 0.717) is 0 Å². The summed E-state index contributed by atoms with van der Waals surface area (Å²) in [6.45, 7) is 0. The second-order valence-corrected chi connectivity index (χ2v) is 14.6. The Labute approximate surface area is 353 Å². The summed E-state index contributed by atoms with van der Waals surface area (Å²) < 4.78 is 0. The highest BCUT2D eigenvalue weighted by Gasteiger charge is 2.14. The van der Waals surface area contributed by atoms with Crippen molar-refractivity contribution in [2.24, 2.45) is 0 Å². The van der Waals surface area contributed by atoms with Crippen LogP contribution in [-0.2, 0) is 0 Å². The van der Waals surface area contributed by atoms with E-state index in [9.17, 15) is 0 Å². The van der Waals surface area contributed by atoms with Gasteiger partial charge in [-0.05, 0) is 93.0 Å². The third kappa shape index (κ3) is 8.64. The monoisotopic (exact) mass is 768 g/mol. The van der Waals surface area contributed by atoms with Crippen molar-refractivity contribution < 1.29 is 0 Å². The van der Waals surface area contributed by atoms with Gasteiger partial charge < -0.3 is 9.80 Å². The zero-order valence-electron chi connectivity index (χ0n) is 33.3. The molecule has 286 valence electrons. The molecule has 0 aliphatic rings. The number of rotatable bonds is 12. The van der Waals surface area contributed by atoms with Gasteiger partial charge in [-0.2, -0.15) is 0 Å². The van der Waals surface area contributed by atoms with Crippen molar-refractivity contribution in [2.45, 2.75) is 0 Å². The van der Waals surface area contributed by atoms with E-state index in [1.54, 1.807) is 0 Å². The van der Waals surface area contributed by atoms with Crippen LogP contribution in [0.25, 0.3) is 33.4 Å². The van der Waals surface area contributed by atoms with Crippen molar-refractivity contribution in [1.82, 2.24) is 0 Å². The van der Waals surface area contributed by atoms with E-state index >= 15 is 0 Å². The van der Waals surface area contributed by atoms with Gasteiger partial charge in [0, 0.05) is 46.3 Å². The first kappa shape index (κ1) is 37.6. The van der Waals surface area contributed by atoms with Crippen LogP contribution in [0.5, 0.6) is 0 Å². The molecule has 9 aromatic rings. The fourth-order valence-corrected chi connectivity index (χ4v) is 7.62. The van der Waals surface area contributed by atoms with Gasteiger partial charge in [-0.25, -0.2) is 0 Å². The van der Waals surface area contributed by atoms with E-state index < -0.39 is 0 Å². The highest BCUT2D eigenvalue weighted by atomic mass is 15.1. The van der Waals surface area contributed by atoms with Crippen molar-refractivity contribution in [3.63, 3.8) is 0 Å². The van der Waals surface area contributed by atoms with Crippen molar-refractivity contribution in [3.05, 3.63) is 289 Å². The summed E-state index contributed by atoms with van der Waals surface area (Å²) in [6, 6.07) is 90.2. The zero-order valence-corrected chi connectivity index (χ0v) is 33.3. The molecule has 0 saturated heterocycles. The van der Waals surface area contributed by atoms with Gasteiger partial charge in [0.15, 0.2) is 0 Å². The molecule has 0 heterocycles. The first-order valence-corrected chi connectivity index (χ1v) is 20.4. The molecular formula is C58H44N2. The van der Waals surface area contributed by atoms with Crippen LogP contribution in [0.4, 0.5) is 22.7 Å². The lowest BCUT2D eigenvalue weighted by Crippen LogP contribution is -2.10. The Kier molecular flexibility index (Phi) is 11.4. The zero-order chi connectivity index (χ0) is 40.4. The van der Waals surface area contributed by atoms with Crippen LogP contribution in [0.15, 0.2) is 267 Å². The molecule has 2 heteroatoms. The van der Waals surface area contributed by atoms with Crippen molar-refractivity contribution in [3.8, 4) is 22.3 Å². The van der Waals surface area contributed by atoms with Crippen LogP contribution in [0, 0.1) is 0 Å². The molecule has 0 spiro atoms. The highest BCUT2D eigenvalue weighted by molar-refractivity contribution is 5.86. The molecular weight excluding hydrogens is 725 g/mol. The summed E-state index contributed by atoms with van der Waals surface area (Å²) in [5.74, 6) is 0.